The number of aryl methyl sites for hydroxylation is 1. The topological polar surface area (TPSA) is 79.4 Å². The predicted molar refractivity (Wildman–Crippen MR) is 101 cm³/mol. The number of nitrogens with one attached hydrogen (secondary N) is 1. The Bertz CT molecular complexity index is 855. The van der Waals surface area contributed by atoms with Crippen molar-refractivity contribution < 1.29 is 14.4 Å². The number of thiazole rings is 1. The highest BCUT2D eigenvalue weighted by Crippen LogP contribution is 2.31. The summed E-state index contributed by atoms with van der Waals surface area (Å²) < 4.78 is 0. The molecule has 1 fully saturated rings. The van der Waals surface area contributed by atoms with Crippen LogP contribution >= 0.6 is 11.3 Å². The summed E-state index contributed by atoms with van der Waals surface area (Å²) in [5.74, 6) is -1.05. The van der Waals surface area contributed by atoms with E-state index >= 15 is 0 Å². The molecule has 136 valence electrons. The van der Waals surface area contributed by atoms with Crippen molar-refractivity contribution in [1.82, 2.24) is 9.88 Å². The molecule has 2 aromatic rings. The van der Waals surface area contributed by atoms with Crippen molar-refractivity contribution in [3.8, 4) is 11.3 Å². The van der Waals surface area contributed by atoms with Crippen LogP contribution in [0.1, 0.15) is 32.8 Å². The molecule has 6 nitrogen and oxygen atoms in total. The number of carbonyl (C=O) groups excluding carboxylic acids is 3. The first kappa shape index (κ1) is 18.3. The molecule has 0 bridgehead atoms. The number of carbonyl (C=O) groups is 3. The molecular weight excluding hydrogens is 350 g/mol. The molecule has 1 aliphatic rings. The van der Waals surface area contributed by atoms with Crippen LogP contribution in [0.3, 0.4) is 0 Å². The zero-order valence-corrected chi connectivity index (χ0v) is 15.9. The molecule has 1 aromatic heterocycles. The minimum absolute atomic E-state index is 0.133. The summed E-state index contributed by atoms with van der Waals surface area (Å²) in [5, 5.41) is 4.99. The largest absolute Gasteiger partial charge is 0.300 e. The van der Waals surface area contributed by atoms with Gasteiger partial charge in [0.25, 0.3) is 0 Å². The molecule has 7 heteroatoms. The minimum Gasteiger partial charge on any atom is -0.300 e. The Hall–Kier alpha value is -2.54. The molecule has 0 atom stereocenters. The van der Waals surface area contributed by atoms with Crippen LogP contribution in [0.4, 0.5) is 5.13 Å². The Morgan fingerprint density at radius 1 is 1.27 bits per heavy atom. The van der Waals surface area contributed by atoms with Crippen molar-refractivity contribution in [2.45, 2.75) is 33.6 Å². The first-order valence-corrected chi connectivity index (χ1v) is 9.37. The molecule has 3 amide bonds. The summed E-state index contributed by atoms with van der Waals surface area (Å²) in [5.41, 5.74) is 2.27. The maximum absolute atomic E-state index is 12.2. The van der Waals surface area contributed by atoms with E-state index in [9.17, 15) is 14.4 Å². The van der Waals surface area contributed by atoms with Gasteiger partial charge in [-0.1, -0.05) is 45.0 Å². The van der Waals surface area contributed by atoms with E-state index in [1.54, 1.807) is 13.8 Å². The van der Waals surface area contributed by atoms with Gasteiger partial charge in [0, 0.05) is 17.4 Å². The van der Waals surface area contributed by atoms with Gasteiger partial charge >= 0.3 is 0 Å². The summed E-state index contributed by atoms with van der Waals surface area (Å²) in [6, 6.07) is 8.12. The van der Waals surface area contributed by atoms with Gasteiger partial charge in [-0.3, -0.25) is 19.3 Å². The van der Waals surface area contributed by atoms with Gasteiger partial charge < -0.3 is 5.32 Å². The standard InChI is InChI=1S/C19H21N3O3S/c1-4-12-5-7-13(8-6-12)14-11-26-18(20-14)21-15(23)10-22-16(24)9-19(2,3)17(22)25/h5-8,11H,4,9-10H2,1-3H3,(H,20,21,23). The zero-order chi connectivity index (χ0) is 18.9. The number of nitrogens with zero attached hydrogens (tertiary/aromatic N) is 2. The maximum atomic E-state index is 12.2. The Morgan fingerprint density at radius 2 is 1.96 bits per heavy atom. The average Bonchev–Trinajstić information content (AvgIpc) is 3.13. The first-order chi connectivity index (χ1) is 12.3. The second-order valence-corrected chi connectivity index (χ2v) is 7.84. The minimum atomic E-state index is -0.740. The molecule has 1 N–H and O–H groups in total. The van der Waals surface area contributed by atoms with Crippen LogP contribution in [0.5, 0.6) is 0 Å². The van der Waals surface area contributed by atoms with Crippen molar-refractivity contribution in [1.29, 1.82) is 0 Å². The molecule has 0 spiro atoms. The predicted octanol–water partition coefficient (Wildman–Crippen LogP) is 3.10. The lowest BCUT2D eigenvalue weighted by Gasteiger charge is -2.16. The highest BCUT2D eigenvalue weighted by molar-refractivity contribution is 7.14. The van der Waals surface area contributed by atoms with Crippen molar-refractivity contribution in [2.75, 3.05) is 11.9 Å². The van der Waals surface area contributed by atoms with Crippen LogP contribution in [-0.2, 0) is 20.8 Å². The van der Waals surface area contributed by atoms with E-state index in [0.29, 0.717) is 5.13 Å². The number of amides is 3. The zero-order valence-electron chi connectivity index (χ0n) is 15.0. The quantitative estimate of drug-likeness (QED) is 0.819. The van der Waals surface area contributed by atoms with E-state index in [2.05, 4.69) is 29.4 Å². The van der Waals surface area contributed by atoms with Gasteiger partial charge in [-0.05, 0) is 12.0 Å². The van der Waals surface area contributed by atoms with Crippen molar-refractivity contribution in [2.24, 2.45) is 5.41 Å². The molecule has 3 rings (SSSR count). The normalized spacial score (nSPS) is 16.2. The Kier molecular flexibility index (Phi) is 4.91. The first-order valence-electron chi connectivity index (χ1n) is 8.49. The molecular formula is C19H21N3O3S. The van der Waals surface area contributed by atoms with Crippen LogP contribution in [0.25, 0.3) is 11.3 Å². The smallest absolute Gasteiger partial charge is 0.246 e. The summed E-state index contributed by atoms with van der Waals surface area (Å²) in [4.78, 5) is 41.8. The molecule has 0 saturated carbocycles. The number of imide groups is 1. The fourth-order valence-corrected chi connectivity index (χ4v) is 3.60. The monoisotopic (exact) mass is 371 g/mol. The molecule has 0 aliphatic carbocycles. The number of likely N-dealkylation sites (tertiary alicyclic amines) is 1. The molecule has 1 aromatic carbocycles. The van der Waals surface area contributed by atoms with E-state index < -0.39 is 11.3 Å². The second-order valence-electron chi connectivity index (χ2n) is 6.98. The highest BCUT2D eigenvalue weighted by Gasteiger charge is 2.45. The van der Waals surface area contributed by atoms with Gasteiger partial charge in [0.05, 0.1) is 11.1 Å². The van der Waals surface area contributed by atoms with Crippen LogP contribution in [0.2, 0.25) is 0 Å². The summed E-state index contributed by atoms with van der Waals surface area (Å²) in [7, 11) is 0. The molecule has 0 radical (unpaired) electrons. The van der Waals surface area contributed by atoms with Gasteiger partial charge in [-0.15, -0.1) is 11.3 Å². The number of benzene rings is 1. The van der Waals surface area contributed by atoms with Gasteiger partial charge in [-0.25, -0.2) is 4.98 Å². The van der Waals surface area contributed by atoms with Gasteiger partial charge in [0.2, 0.25) is 17.7 Å². The third kappa shape index (κ3) is 3.67. The van der Waals surface area contributed by atoms with E-state index in [-0.39, 0.29) is 24.8 Å². The lowest BCUT2D eigenvalue weighted by Crippen LogP contribution is -2.39. The average molecular weight is 371 g/mol. The van der Waals surface area contributed by atoms with Crippen LogP contribution in [0.15, 0.2) is 29.6 Å². The Balaban J connectivity index is 1.64. The third-order valence-corrected chi connectivity index (χ3v) is 5.19. The number of hydrogen-bond donors (Lipinski definition) is 1. The van der Waals surface area contributed by atoms with E-state index in [1.165, 1.54) is 16.9 Å². The summed E-state index contributed by atoms with van der Waals surface area (Å²) in [6.07, 6.45) is 1.11. The molecule has 2 heterocycles. The Morgan fingerprint density at radius 3 is 2.54 bits per heavy atom. The van der Waals surface area contributed by atoms with Crippen LogP contribution in [0, 0.1) is 5.41 Å². The van der Waals surface area contributed by atoms with Crippen molar-refractivity contribution in [3.63, 3.8) is 0 Å². The number of rotatable bonds is 5. The molecule has 1 aliphatic heterocycles. The summed E-state index contributed by atoms with van der Waals surface area (Å²) >= 11 is 1.31. The SMILES string of the molecule is CCc1ccc(-c2csc(NC(=O)CN3C(=O)CC(C)(C)C3=O)n2)cc1. The third-order valence-electron chi connectivity index (χ3n) is 4.43. The van der Waals surface area contributed by atoms with Crippen LogP contribution < -0.4 is 5.32 Å². The van der Waals surface area contributed by atoms with Gasteiger partial charge in [0.15, 0.2) is 5.13 Å². The van der Waals surface area contributed by atoms with Gasteiger partial charge in [-0.2, -0.15) is 0 Å². The second kappa shape index (κ2) is 6.99. The number of hydrogen-bond acceptors (Lipinski definition) is 5. The fraction of sp³-hybridized carbons (Fsp3) is 0.368. The van der Waals surface area contributed by atoms with E-state index in [0.717, 1.165) is 22.6 Å². The lowest BCUT2D eigenvalue weighted by atomic mass is 9.92. The van der Waals surface area contributed by atoms with Crippen LogP contribution in [-0.4, -0.2) is 34.2 Å². The molecule has 26 heavy (non-hydrogen) atoms. The maximum Gasteiger partial charge on any atom is 0.246 e. The lowest BCUT2D eigenvalue weighted by molar-refractivity contribution is -0.143. The molecule has 1 saturated heterocycles. The number of aromatic nitrogens is 1. The van der Waals surface area contributed by atoms with E-state index in [4.69, 9.17) is 0 Å². The van der Waals surface area contributed by atoms with Gasteiger partial charge in [0.1, 0.15) is 6.54 Å². The Labute approximate surface area is 156 Å². The number of anilines is 1. The fourth-order valence-electron chi connectivity index (χ4n) is 2.87. The van der Waals surface area contributed by atoms with E-state index in [1.807, 2.05) is 17.5 Å². The molecule has 0 unspecified atom stereocenters. The highest BCUT2D eigenvalue weighted by atomic mass is 32.1. The summed E-state index contributed by atoms with van der Waals surface area (Å²) in [6.45, 7) is 5.24. The van der Waals surface area contributed by atoms with Crippen molar-refractivity contribution >= 4 is 34.2 Å². The van der Waals surface area contributed by atoms with Crippen molar-refractivity contribution in [3.05, 3.63) is 35.2 Å².